The van der Waals surface area contributed by atoms with Crippen LogP contribution in [-0.4, -0.2) is 17.3 Å². The Bertz CT molecular complexity index is 537. The molecular weight excluding hydrogens is 254 g/mol. The standard InChI is InChI=1S/C16H19NOS/c1-11(8-12-6-7-19-10-12)17-16-14-5-3-2-4-13(14)9-15(16)18/h2-7,10-11,15-18H,8-9H2,1H3/t11-,15-,16+/m1/s1. The van der Waals surface area contributed by atoms with E-state index in [1.54, 1.807) is 11.3 Å². The maximum atomic E-state index is 10.2. The van der Waals surface area contributed by atoms with Crippen LogP contribution in [0.5, 0.6) is 0 Å². The van der Waals surface area contributed by atoms with Crippen LogP contribution < -0.4 is 5.32 Å². The fraction of sp³-hybridized carbons (Fsp3) is 0.375. The molecule has 0 aliphatic heterocycles. The highest BCUT2D eigenvalue weighted by molar-refractivity contribution is 7.07. The predicted octanol–water partition coefficient (Wildman–Crippen LogP) is 2.93. The van der Waals surface area contributed by atoms with Gasteiger partial charge >= 0.3 is 0 Å². The highest BCUT2D eigenvalue weighted by atomic mass is 32.1. The molecular formula is C16H19NOS. The summed E-state index contributed by atoms with van der Waals surface area (Å²) in [5.41, 5.74) is 3.90. The average Bonchev–Trinajstić information content (AvgIpc) is 2.99. The molecule has 2 nitrogen and oxygen atoms in total. The number of thiophene rings is 1. The highest BCUT2D eigenvalue weighted by Gasteiger charge is 2.31. The van der Waals surface area contributed by atoms with Crippen LogP contribution in [0, 0.1) is 0 Å². The summed E-state index contributed by atoms with van der Waals surface area (Å²) in [5.74, 6) is 0. The minimum atomic E-state index is -0.303. The lowest BCUT2D eigenvalue weighted by atomic mass is 10.0. The first-order valence-electron chi connectivity index (χ1n) is 6.77. The van der Waals surface area contributed by atoms with Crippen LogP contribution in [-0.2, 0) is 12.8 Å². The van der Waals surface area contributed by atoms with Gasteiger partial charge in [-0.05, 0) is 46.9 Å². The molecule has 3 rings (SSSR count). The van der Waals surface area contributed by atoms with Crippen LogP contribution in [0.3, 0.4) is 0 Å². The summed E-state index contributed by atoms with van der Waals surface area (Å²) in [6.07, 6.45) is 1.47. The Hall–Kier alpha value is -1.16. The number of fused-ring (bicyclic) bond motifs is 1. The van der Waals surface area contributed by atoms with Gasteiger partial charge in [0.15, 0.2) is 0 Å². The Labute approximate surface area is 118 Å². The maximum absolute atomic E-state index is 10.2. The van der Waals surface area contributed by atoms with Gasteiger partial charge in [0, 0.05) is 12.5 Å². The van der Waals surface area contributed by atoms with Crippen molar-refractivity contribution in [3.63, 3.8) is 0 Å². The highest BCUT2D eigenvalue weighted by Crippen LogP contribution is 2.31. The molecule has 1 heterocycles. The molecule has 1 aromatic carbocycles. The van der Waals surface area contributed by atoms with Crippen molar-refractivity contribution in [2.45, 2.75) is 38.0 Å². The second-order valence-corrected chi connectivity index (χ2v) is 6.13. The normalized spacial score (nSPS) is 23.3. The SMILES string of the molecule is C[C@H](Cc1ccsc1)N[C@H]1c2ccccc2C[C@H]1O. The van der Waals surface area contributed by atoms with E-state index in [2.05, 4.69) is 47.3 Å². The largest absolute Gasteiger partial charge is 0.391 e. The molecule has 1 aliphatic rings. The van der Waals surface area contributed by atoms with Gasteiger partial charge in [-0.25, -0.2) is 0 Å². The third-order valence-corrected chi connectivity index (χ3v) is 4.52. The van der Waals surface area contributed by atoms with Crippen LogP contribution in [0.1, 0.15) is 29.7 Å². The third-order valence-electron chi connectivity index (χ3n) is 3.79. The number of benzene rings is 1. The van der Waals surface area contributed by atoms with Crippen molar-refractivity contribution >= 4 is 11.3 Å². The molecule has 3 atom stereocenters. The third kappa shape index (κ3) is 2.73. The van der Waals surface area contributed by atoms with Gasteiger partial charge in [-0.1, -0.05) is 24.3 Å². The topological polar surface area (TPSA) is 32.3 Å². The summed E-state index contributed by atoms with van der Waals surface area (Å²) < 4.78 is 0. The molecule has 2 aromatic rings. The molecule has 0 spiro atoms. The summed E-state index contributed by atoms with van der Waals surface area (Å²) in [5, 5.41) is 18.1. The van der Waals surface area contributed by atoms with Crippen molar-refractivity contribution in [3.8, 4) is 0 Å². The molecule has 3 heteroatoms. The van der Waals surface area contributed by atoms with Gasteiger partial charge in [0.05, 0.1) is 12.1 Å². The minimum absolute atomic E-state index is 0.0739. The summed E-state index contributed by atoms with van der Waals surface area (Å²) in [4.78, 5) is 0. The lowest BCUT2D eigenvalue weighted by molar-refractivity contribution is 0.135. The van der Waals surface area contributed by atoms with E-state index in [-0.39, 0.29) is 12.1 Å². The molecule has 19 heavy (non-hydrogen) atoms. The van der Waals surface area contributed by atoms with Crippen LogP contribution >= 0.6 is 11.3 Å². The van der Waals surface area contributed by atoms with Crippen molar-refractivity contribution < 1.29 is 5.11 Å². The van der Waals surface area contributed by atoms with Gasteiger partial charge in [0.1, 0.15) is 0 Å². The molecule has 0 radical (unpaired) electrons. The molecule has 0 fully saturated rings. The lowest BCUT2D eigenvalue weighted by Crippen LogP contribution is -2.36. The van der Waals surface area contributed by atoms with E-state index >= 15 is 0 Å². The second kappa shape index (κ2) is 5.45. The Balaban J connectivity index is 1.69. The van der Waals surface area contributed by atoms with Crippen LogP contribution in [0.4, 0.5) is 0 Å². The first kappa shape index (κ1) is 12.9. The first-order valence-corrected chi connectivity index (χ1v) is 7.71. The Morgan fingerprint density at radius 3 is 3.00 bits per heavy atom. The van der Waals surface area contributed by atoms with E-state index in [1.807, 2.05) is 6.07 Å². The minimum Gasteiger partial charge on any atom is -0.391 e. The zero-order valence-corrected chi connectivity index (χ0v) is 11.9. The summed E-state index contributed by atoms with van der Waals surface area (Å²) in [6.45, 7) is 2.19. The molecule has 2 N–H and O–H groups in total. The van der Waals surface area contributed by atoms with E-state index < -0.39 is 0 Å². The maximum Gasteiger partial charge on any atom is 0.0775 e. The van der Waals surface area contributed by atoms with E-state index in [4.69, 9.17) is 0 Å². The quantitative estimate of drug-likeness (QED) is 0.897. The molecule has 1 aromatic heterocycles. The Morgan fingerprint density at radius 2 is 2.21 bits per heavy atom. The van der Waals surface area contributed by atoms with E-state index in [0.29, 0.717) is 6.04 Å². The fourth-order valence-corrected chi connectivity index (χ4v) is 3.58. The number of nitrogens with one attached hydrogen (secondary N) is 1. The van der Waals surface area contributed by atoms with Gasteiger partial charge < -0.3 is 10.4 Å². The number of aliphatic hydroxyl groups excluding tert-OH is 1. The van der Waals surface area contributed by atoms with Crippen molar-refractivity contribution in [1.82, 2.24) is 5.32 Å². The van der Waals surface area contributed by atoms with Crippen LogP contribution in [0.15, 0.2) is 41.1 Å². The molecule has 0 amide bonds. The lowest BCUT2D eigenvalue weighted by Gasteiger charge is -2.23. The van der Waals surface area contributed by atoms with Crippen LogP contribution in [0.25, 0.3) is 0 Å². The van der Waals surface area contributed by atoms with Gasteiger partial charge in [0.2, 0.25) is 0 Å². The first-order chi connectivity index (χ1) is 9.24. The van der Waals surface area contributed by atoms with Crippen molar-refractivity contribution in [3.05, 3.63) is 57.8 Å². The van der Waals surface area contributed by atoms with Crippen molar-refractivity contribution in [2.75, 3.05) is 0 Å². The Kier molecular flexibility index (Phi) is 3.69. The van der Waals surface area contributed by atoms with Gasteiger partial charge in [-0.15, -0.1) is 0 Å². The van der Waals surface area contributed by atoms with Crippen molar-refractivity contribution in [1.29, 1.82) is 0 Å². The molecule has 0 saturated heterocycles. The van der Waals surface area contributed by atoms with E-state index in [0.717, 1.165) is 12.8 Å². The van der Waals surface area contributed by atoms with Gasteiger partial charge in [-0.3, -0.25) is 0 Å². The van der Waals surface area contributed by atoms with E-state index in [9.17, 15) is 5.11 Å². The summed E-state index contributed by atoms with van der Waals surface area (Å²) in [7, 11) is 0. The van der Waals surface area contributed by atoms with Gasteiger partial charge in [-0.2, -0.15) is 11.3 Å². The molecule has 0 bridgehead atoms. The molecule has 100 valence electrons. The van der Waals surface area contributed by atoms with Crippen molar-refractivity contribution in [2.24, 2.45) is 0 Å². The number of hydrogen-bond acceptors (Lipinski definition) is 3. The number of aliphatic hydroxyl groups is 1. The second-order valence-electron chi connectivity index (χ2n) is 5.35. The van der Waals surface area contributed by atoms with Gasteiger partial charge in [0.25, 0.3) is 0 Å². The molecule has 0 saturated carbocycles. The average molecular weight is 273 g/mol. The fourth-order valence-electron chi connectivity index (χ4n) is 2.90. The Morgan fingerprint density at radius 1 is 1.37 bits per heavy atom. The number of hydrogen-bond donors (Lipinski definition) is 2. The smallest absolute Gasteiger partial charge is 0.0775 e. The van der Waals surface area contributed by atoms with Crippen LogP contribution in [0.2, 0.25) is 0 Å². The molecule has 1 aliphatic carbocycles. The zero-order valence-electron chi connectivity index (χ0n) is 11.0. The summed E-state index contributed by atoms with van der Waals surface area (Å²) in [6, 6.07) is 10.9. The number of rotatable bonds is 4. The zero-order chi connectivity index (χ0) is 13.2. The monoisotopic (exact) mass is 273 g/mol. The van der Waals surface area contributed by atoms with E-state index in [1.165, 1.54) is 16.7 Å². The molecule has 0 unspecified atom stereocenters. The summed E-state index contributed by atoms with van der Waals surface area (Å²) >= 11 is 1.74. The predicted molar refractivity (Wildman–Crippen MR) is 79.5 cm³/mol.